The predicted octanol–water partition coefficient (Wildman–Crippen LogP) is 6.41. The van der Waals surface area contributed by atoms with Crippen LogP contribution >= 0.6 is 11.8 Å². The first-order chi connectivity index (χ1) is 10.8. The minimum atomic E-state index is 0.184. The summed E-state index contributed by atoms with van der Waals surface area (Å²) in [6.45, 7) is 3.76. The Morgan fingerprint density at radius 2 is 1.18 bits per heavy atom. The topological polar surface area (TPSA) is 17.1 Å². The molecule has 0 rings (SSSR count). The molecule has 0 radical (unpaired) electrons. The van der Waals surface area contributed by atoms with E-state index in [0.717, 1.165) is 44.3 Å². The Morgan fingerprint density at radius 1 is 0.727 bits per heavy atom. The highest BCUT2D eigenvalue weighted by Gasteiger charge is 1.87. The van der Waals surface area contributed by atoms with Gasteiger partial charge >= 0.3 is 0 Å². The van der Waals surface area contributed by atoms with Crippen LogP contribution in [0, 0.1) is 0 Å². The largest absolute Gasteiger partial charge is 0.288 e. The zero-order valence-electron chi connectivity index (χ0n) is 14.0. The summed E-state index contributed by atoms with van der Waals surface area (Å²) in [7, 11) is 0. The Balaban J connectivity index is 3.44. The molecule has 0 aliphatic rings. The first-order valence-corrected chi connectivity index (χ1v) is 9.14. The Hall–Kier alpha value is -1.28. The van der Waals surface area contributed by atoms with Crippen molar-refractivity contribution < 1.29 is 4.79 Å². The van der Waals surface area contributed by atoms with E-state index in [1.165, 1.54) is 11.8 Å². The van der Waals surface area contributed by atoms with Crippen molar-refractivity contribution >= 4 is 16.9 Å². The van der Waals surface area contributed by atoms with Crippen molar-refractivity contribution in [1.82, 2.24) is 0 Å². The Kier molecular flexibility index (Phi) is 16.7. The number of carbonyl (C=O) groups is 1. The van der Waals surface area contributed by atoms with Gasteiger partial charge < -0.3 is 0 Å². The molecule has 0 spiro atoms. The van der Waals surface area contributed by atoms with E-state index in [1.807, 2.05) is 0 Å². The van der Waals surface area contributed by atoms with E-state index < -0.39 is 0 Å². The van der Waals surface area contributed by atoms with Crippen LogP contribution < -0.4 is 0 Å². The third kappa shape index (κ3) is 18.7. The molecule has 0 aromatic rings. The third-order valence-corrected chi connectivity index (χ3v) is 3.53. The molecule has 0 fully saturated rings. The molecule has 0 saturated carbocycles. The van der Waals surface area contributed by atoms with Crippen molar-refractivity contribution in [1.29, 1.82) is 0 Å². The fourth-order valence-corrected chi connectivity index (χ4v) is 2.11. The van der Waals surface area contributed by atoms with Gasteiger partial charge in [0.1, 0.15) is 0 Å². The average molecular weight is 319 g/mol. The van der Waals surface area contributed by atoms with Crippen molar-refractivity contribution in [2.75, 3.05) is 5.75 Å². The fraction of sp³-hybridized carbons (Fsp3) is 0.450. The second-order valence-electron chi connectivity index (χ2n) is 4.85. The number of thioether (sulfide) groups is 1. The molecule has 0 aromatic carbocycles. The number of carbonyl (C=O) groups excluding carboxylic acids is 1. The molecule has 0 heterocycles. The first kappa shape index (κ1) is 20.7. The van der Waals surface area contributed by atoms with Gasteiger partial charge in [-0.25, -0.2) is 0 Å². The second kappa shape index (κ2) is 17.8. The maximum Gasteiger partial charge on any atom is 0.186 e. The van der Waals surface area contributed by atoms with Gasteiger partial charge in [-0.2, -0.15) is 0 Å². The molecule has 22 heavy (non-hydrogen) atoms. The molecule has 0 atom stereocenters. The van der Waals surface area contributed by atoms with E-state index in [0.29, 0.717) is 0 Å². The normalized spacial score (nSPS) is 12.8. The summed E-state index contributed by atoms with van der Waals surface area (Å²) in [5.74, 6) is 0.795. The lowest BCUT2D eigenvalue weighted by molar-refractivity contribution is -0.109. The van der Waals surface area contributed by atoms with Gasteiger partial charge in [0.2, 0.25) is 0 Å². The van der Waals surface area contributed by atoms with Crippen LogP contribution in [-0.4, -0.2) is 10.9 Å². The van der Waals surface area contributed by atoms with Crippen molar-refractivity contribution in [3.05, 3.63) is 60.8 Å². The van der Waals surface area contributed by atoms with Gasteiger partial charge in [0.05, 0.1) is 0 Å². The summed E-state index contributed by atoms with van der Waals surface area (Å²) < 4.78 is 0. The maximum absolute atomic E-state index is 10.7. The van der Waals surface area contributed by atoms with Gasteiger partial charge in [-0.15, -0.1) is 0 Å². The maximum atomic E-state index is 10.7. The molecule has 0 saturated heterocycles. The van der Waals surface area contributed by atoms with Crippen LogP contribution in [0.25, 0.3) is 0 Å². The molecule has 0 bridgehead atoms. The van der Waals surface area contributed by atoms with Gasteiger partial charge in [-0.3, -0.25) is 4.79 Å². The molecule has 1 nitrogen and oxygen atoms in total. The van der Waals surface area contributed by atoms with E-state index in [9.17, 15) is 4.79 Å². The van der Waals surface area contributed by atoms with Crippen molar-refractivity contribution in [2.24, 2.45) is 0 Å². The molecule has 0 aromatic heterocycles. The van der Waals surface area contributed by atoms with Crippen molar-refractivity contribution in [3.63, 3.8) is 0 Å². The number of allylic oxidation sites excluding steroid dienone is 9. The summed E-state index contributed by atoms with van der Waals surface area (Å²) in [6, 6.07) is 0. The molecule has 0 aliphatic carbocycles. The molecule has 0 amide bonds. The summed E-state index contributed by atoms with van der Waals surface area (Å²) in [6.07, 6.45) is 28.2. The van der Waals surface area contributed by atoms with Gasteiger partial charge in [0, 0.05) is 12.7 Å². The smallest absolute Gasteiger partial charge is 0.186 e. The van der Waals surface area contributed by atoms with Gasteiger partial charge in [-0.05, 0) is 38.5 Å². The van der Waals surface area contributed by atoms with Crippen LogP contribution in [0.1, 0.15) is 52.4 Å². The summed E-state index contributed by atoms with van der Waals surface area (Å²) >= 11 is 1.36. The zero-order valence-corrected chi connectivity index (χ0v) is 14.9. The minimum Gasteiger partial charge on any atom is -0.288 e. The number of hydrogen-bond acceptors (Lipinski definition) is 2. The van der Waals surface area contributed by atoms with Gasteiger partial charge in [0.15, 0.2) is 5.12 Å². The molecular weight excluding hydrogens is 288 g/mol. The lowest BCUT2D eigenvalue weighted by Crippen LogP contribution is -1.81. The Labute approximate surface area is 141 Å². The quantitative estimate of drug-likeness (QED) is 0.305. The van der Waals surface area contributed by atoms with Crippen LogP contribution in [0.4, 0.5) is 0 Å². The van der Waals surface area contributed by atoms with E-state index in [-0.39, 0.29) is 5.12 Å². The van der Waals surface area contributed by atoms with Gasteiger partial charge in [-0.1, -0.05) is 79.4 Å². The van der Waals surface area contributed by atoms with Crippen LogP contribution in [0.15, 0.2) is 60.8 Å². The highest BCUT2D eigenvalue weighted by molar-refractivity contribution is 8.13. The lowest BCUT2D eigenvalue weighted by Gasteiger charge is -1.89. The number of hydrogen-bond donors (Lipinski definition) is 0. The van der Waals surface area contributed by atoms with Crippen molar-refractivity contribution in [2.45, 2.75) is 52.4 Å². The molecule has 2 heteroatoms. The van der Waals surface area contributed by atoms with E-state index in [2.05, 4.69) is 67.7 Å². The van der Waals surface area contributed by atoms with E-state index >= 15 is 0 Å². The van der Waals surface area contributed by atoms with Crippen molar-refractivity contribution in [3.8, 4) is 0 Å². The first-order valence-electron chi connectivity index (χ1n) is 8.15. The monoisotopic (exact) mass is 318 g/mol. The summed E-state index contributed by atoms with van der Waals surface area (Å²) in [5.41, 5.74) is 0. The number of unbranched alkanes of at least 4 members (excludes halogenated alkanes) is 1. The van der Waals surface area contributed by atoms with Gasteiger partial charge in [0.25, 0.3) is 0 Å². The van der Waals surface area contributed by atoms with Crippen LogP contribution in [0.3, 0.4) is 0 Å². The SMILES string of the molecule is CC/C=C\C/C=C\C/C=C\C/C=C\CC/C=C/CSC(C)=O. The van der Waals surface area contributed by atoms with Crippen LogP contribution in [0.2, 0.25) is 0 Å². The molecule has 0 unspecified atom stereocenters. The molecular formula is C20H30OS. The zero-order chi connectivity index (χ0) is 16.3. The third-order valence-electron chi connectivity index (χ3n) is 2.77. The summed E-state index contributed by atoms with van der Waals surface area (Å²) in [5, 5.41) is 0.184. The van der Waals surface area contributed by atoms with E-state index in [1.54, 1.807) is 6.92 Å². The predicted molar refractivity (Wildman–Crippen MR) is 102 cm³/mol. The van der Waals surface area contributed by atoms with E-state index in [4.69, 9.17) is 0 Å². The highest BCUT2D eigenvalue weighted by Crippen LogP contribution is 2.02. The van der Waals surface area contributed by atoms with Crippen LogP contribution in [0.5, 0.6) is 0 Å². The molecule has 0 N–H and O–H groups in total. The van der Waals surface area contributed by atoms with Crippen LogP contribution in [-0.2, 0) is 4.79 Å². The minimum absolute atomic E-state index is 0.184. The Morgan fingerprint density at radius 3 is 1.68 bits per heavy atom. The molecule has 0 aliphatic heterocycles. The second-order valence-corrected chi connectivity index (χ2v) is 6.05. The average Bonchev–Trinajstić information content (AvgIpc) is 2.50. The highest BCUT2D eigenvalue weighted by atomic mass is 32.2. The number of rotatable bonds is 12. The molecule has 122 valence electrons. The summed E-state index contributed by atoms with van der Waals surface area (Å²) in [4.78, 5) is 10.7. The fourth-order valence-electron chi connectivity index (χ4n) is 1.64. The lowest BCUT2D eigenvalue weighted by atomic mass is 10.2. The standard InChI is InChI=1S/C20H30OS/c1-3-4-5-6-7-8-9-10-11-12-13-14-15-16-17-18-19-22-20(2)21/h4-5,7-8,10-11,13-14,17-18H,3,6,9,12,15-16,19H2,1-2H3/b5-4-,8-7-,11-10-,14-13-,18-17+. The Bertz CT molecular complexity index is 400.